The number of hydrogen-bond donors (Lipinski definition) is 1. The number of aryl methyl sites for hydroxylation is 1. The molecule has 0 saturated heterocycles. The van der Waals surface area contributed by atoms with Gasteiger partial charge in [0.25, 0.3) is 11.6 Å². The lowest BCUT2D eigenvalue weighted by atomic mass is 10.0. The third kappa shape index (κ3) is 3.67. The molecule has 7 heteroatoms. The molecule has 1 N–H and O–H groups in total. The summed E-state index contributed by atoms with van der Waals surface area (Å²) < 4.78 is 10.3. The van der Waals surface area contributed by atoms with Gasteiger partial charge in [-0.1, -0.05) is 31.1 Å². The summed E-state index contributed by atoms with van der Waals surface area (Å²) in [6.45, 7) is 7.70. The van der Waals surface area contributed by atoms with E-state index in [2.05, 4.69) is 15.5 Å². The normalized spacial score (nSPS) is 11.0. The number of aromatic nitrogens is 2. The van der Waals surface area contributed by atoms with E-state index in [1.54, 1.807) is 44.2 Å². The number of fused-ring (bicyclic) bond motifs is 1. The first kappa shape index (κ1) is 18.6. The molecule has 1 amide bonds. The van der Waals surface area contributed by atoms with Gasteiger partial charge in [0.15, 0.2) is 0 Å². The van der Waals surface area contributed by atoms with Crippen LogP contribution in [0.1, 0.15) is 58.8 Å². The van der Waals surface area contributed by atoms with Crippen LogP contribution in [0.2, 0.25) is 0 Å². The Bertz CT molecular complexity index is 1010. The molecule has 0 radical (unpaired) electrons. The number of anilines is 1. The van der Waals surface area contributed by atoms with E-state index in [0.717, 1.165) is 5.69 Å². The molecule has 3 rings (SSSR count). The summed E-state index contributed by atoms with van der Waals surface area (Å²) in [6, 6.07) is 8.46. The van der Waals surface area contributed by atoms with Gasteiger partial charge in [-0.3, -0.25) is 4.79 Å². The van der Waals surface area contributed by atoms with Gasteiger partial charge in [-0.05, 0) is 38.0 Å². The van der Waals surface area contributed by atoms with Crippen molar-refractivity contribution in [1.29, 1.82) is 0 Å². The number of nitrogens with one attached hydrogen (secondary N) is 1. The largest absolute Gasteiger partial charge is 0.462 e. The third-order valence-electron chi connectivity index (χ3n) is 4.14. The van der Waals surface area contributed by atoms with Gasteiger partial charge in [-0.2, -0.15) is 0 Å². The van der Waals surface area contributed by atoms with Crippen LogP contribution >= 0.6 is 0 Å². The molecule has 0 spiro atoms. The van der Waals surface area contributed by atoms with Gasteiger partial charge < -0.3 is 14.6 Å². The quantitative estimate of drug-likeness (QED) is 0.683. The fraction of sp³-hybridized carbons (Fsp3) is 0.300. The van der Waals surface area contributed by atoms with Crippen LogP contribution in [0, 0.1) is 6.92 Å². The molecule has 2 aromatic heterocycles. The van der Waals surface area contributed by atoms with Crippen LogP contribution in [-0.4, -0.2) is 28.6 Å². The highest BCUT2D eigenvalue weighted by atomic mass is 16.5. The number of carbonyl (C=O) groups excluding carboxylic acids is 2. The second-order valence-electron chi connectivity index (χ2n) is 6.42. The molecule has 3 aromatic rings. The summed E-state index contributed by atoms with van der Waals surface area (Å²) in [5, 5.41) is 7.29. The molecular weight excluding hydrogens is 346 g/mol. The van der Waals surface area contributed by atoms with E-state index in [4.69, 9.17) is 9.26 Å². The maximum Gasteiger partial charge on any atom is 0.340 e. The predicted octanol–water partition coefficient (Wildman–Crippen LogP) is 4.08. The topological polar surface area (TPSA) is 94.3 Å². The van der Waals surface area contributed by atoms with Crippen LogP contribution in [-0.2, 0) is 4.74 Å². The van der Waals surface area contributed by atoms with Crippen LogP contribution in [0.25, 0.3) is 11.1 Å². The first-order valence-electron chi connectivity index (χ1n) is 8.76. The molecule has 27 heavy (non-hydrogen) atoms. The number of ether oxygens (including phenoxy) is 1. The van der Waals surface area contributed by atoms with Crippen molar-refractivity contribution in [2.24, 2.45) is 0 Å². The number of para-hydroxylation sites is 1. The average Bonchev–Trinajstić information content (AvgIpc) is 3.02. The summed E-state index contributed by atoms with van der Waals surface area (Å²) in [6.07, 6.45) is 0. The molecule has 0 fully saturated rings. The van der Waals surface area contributed by atoms with E-state index in [9.17, 15) is 9.59 Å². The minimum Gasteiger partial charge on any atom is -0.462 e. The van der Waals surface area contributed by atoms with Gasteiger partial charge >= 0.3 is 5.97 Å². The van der Waals surface area contributed by atoms with Crippen LogP contribution in [0.3, 0.4) is 0 Å². The van der Waals surface area contributed by atoms with E-state index in [1.807, 2.05) is 13.8 Å². The number of rotatable bonds is 5. The zero-order valence-corrected chi connectivity index (χ0v) is 15.7. The molecule has 0 aliphatic rings. The second-order valence-corrected chi connectivity index (χ2v) is 6.42. The van der Waals surface area contributed by atoms with Crippen molar-refractivity contribution in [3.05, 3.63) is 52.8 Å². The minimum atomic E-state index is -0.489. The Morgan fingerprint density at radius 1 is 1.22 bits per heavy atom. The molecule has 140 valence electrons. The zero-order chi connectivity index (χ0) is 19.6. The van der Waals surface area contributed by atoms with Crippen molar-refractivity contribution in [2.75, 3.05) is 11.9 Å². The van der Waals surface area contributed by atoms with Crippen LogP contribution in [0.5, 0.6) is 0 Å². The first-order chi connectivity index (χ1) is 12.9. The van der Waals surface area contributed by atoms with Crippen LogP contribution < -0.4 is 5.32 Å². The monoisotopic (exact) mass is 367 g/mol. The third-order valence-corrected chi connectivity index (χ3v) is 4.14. The van der Waals surface area contributed by atoms with Crippen molar-refractivity contribution in [2.45, 2.75) is 33.6 Å². The molecule has 1 aromatic carbocycles. The molecule has 0 aliphatic carbocycles. The summed E-state index contributed by atoms with van der Waals surface area (Å²) in [4.78, 5) is 29.6. The number of nitrogens with zero attached hydrogens (tertiary/aromatic N) is 2. The lowest BCUT2D eigenvalue weighted by Gasteiger charge is -2.12. The van der Waals surface area contributed by atoms with Crippen LogP contribution in [0.15, 0.2) is 34.9 Å². The predicted molar refractivity (Wildman–Crippen MR) is 101 cm³/mol. The molecular formula is C20H21N3O4. The number of pyridine rings is 1. The Labute approximate surface area is 156 Å². The summed E-state index contributed by atoms with van der Waals surface area (Å²) in [5.41, 5.74) is 2.71. The van der Waals surface area contributed by atoms with E-state index < -0.39 is 5.97 Å². The molecule has 0 aliphatic heterocycles. The number of hydrogen-bond acceptors (Lipinski definition) is 6. The minimum absolute atomic E-state index is 0.109. The van der Waals surface area contributed by atoms with Gasteiger partial charge in [-0.15, -0.1) is 0 Å². The lowest BCUT2D eigenvalue weighted by molar-refractivity contribution is 0.0527. The molecule has 0 saturated carbocycles. The van der Waals surface area contributed by atoms with Crippen molar-refractivity contribution in [1.82, 2.24) is 10.1 Å². The number of carbonyl (C=O) groups is 2. The van der Waals surface area contributed by atoms with E-state index in [-0.39, 0.29) is 18.4 Å². The molecule has 0 unspecified atom stereocenters. The first-order valence-corrected chi connectivity index (χ1v) is 8.76. The van der Waals surface area contributed by atoms with Gasteiger partial charge in [-0.25, -0.2) is 9.78 Å². The van der Waals surface area contributed by atoms with E-state index >= 15 is 0 Å². The Morgan fingerprint density at radius 2 is 1.96 bits per heavy atom. The Balaban J connectivity index is 2.03. The Kier molecular flexibility index (Phi) is 5.21. The molecule has 2 heterocycles. The maximum atomic E-state index is 13.0. The van der Waals surface area contributed by atoms with Crippen molar-refractivity contribution >= 4 is 28.7 Å². The number of amides is 1. The second kappa shape index (κ2) is 7.57. The molecule has 7 nitrogen and oxygen atoms in total. The SMILES string of the molecule is CCOC(=O)c1ccccc1NC(=O)c1cc(C(C)C)nc2onc(C)c12. The van der Waals surface area contributed by atoms with Gasteiger partial charge in [0.1, 0.15) is 0 Å². The standard InChI is InChI=1S/C20H21N3O4/c1-5-26-20(25)13-8-6-7-9-15(13)21-18(24)14-10-16(11(2)3)22-19-17(14)12(4)23-27-19/h6-11H,5H2,1-4H3,(H,21,24). The summed E-state index contributed by atoms with van der Waals surface area (Å²) in [5.74, 6) is -0.747. The summed E-state index contributed by atoms with van der Waals surface area (Å²) >= 11 is 0. The zero-order valence-electron chi connectivity index (χ0n) is 15.7. The maximum absolute atomic E-state index is 13.0. The molecule has 0 bridgehead atoms. The Hall–Kier alpha value is -3.22. The average molecular weight is 367 g/mol. The molecule has 0 atom stereocenters. The van der Waals surface area contributed by atoms with Gasteiger partial charge in [0, 0.05) is 5.69 Å². The van der Waals surface area contributed by atoms with Crippen molar-refractivity contribution in [3.8, 4) is 0 Å². The Morgan fingerprint density at radius 3 is 2.67 bits per heavy atom. The van der Waals surface area contributed by atoms with Gasteiger partial charge in [0.2, 0.25) is 0 Å². The fourth-order valence-electron chi connectivity index (χ4n) is 2.76. The summed E-state index contributed by atoms with van der Waals surface area (Å²) in [7, 11) is 0. The smallest absolute Gasteiger partial charge is 0.340 e. The van der Waals surface area contributed by atoms with Crippen molar-refractivity contribution in [3.63, 3.8) is 0 Å². The number of benzene rings is 1. The lowest BCUT2D eigenvalue weighted by Crippen LogP contribution is -2.17. The highest BCUT2D eigenvalue weighted by Gasteiger charge is 2.21. The van der Waals surface area contributed by atoms with Gasteiger partial charge in [0.05, 0.1) is 34.5 Å². The number of esters is 1. The van der Waals surface area contributed by atoms with Crippen molar-refractivity contribution < 1.29 is 18.8 Å². The van der Waals surface area contributed by atoms with E-state index in [1.165, 1.54) is 0 Å². The van der Waals surface area contributed by atoms with Crippen LogP contribution in [0.4, 0.5) is 5.69 Å². The van der Waals surface area contributed by atoms with E-state index in [0.29, 0.717) is 33.6 Å². The highest BCUT2D eigenvalue weighted by Crippen LogP contribution is 2.26. The fourth-order valence-corrected chi connectivity index (χ4v) is 2.76. The highest BCUT2D eigenvalue weighted by molar-refractivity contribution is 6.14.